The van der Waals surface area contributed by atoms with E-state index in [-0.39, 0.29) is 46.5 Å². The summed E-state index contributed by atoms with van der Waals surface area (Å²) >= 11 is 9.65. The molecule has 2 saturated carbocycles. The number of hydrogen-bond donors (Lipinski definition) is 2. The van der Waals surface area contributed by atoms with Crippen LogP contribution in [0, 0.1) is 30.6 Å². The number of carbonyl (C=O) groups is 3. The van der Waals surface area contributed by atoms with Crippen LogP contribution in [0.5, 0.6) is 0 Å². The molecule has 8 heteroatoms. The Bertz CT molecular complexity index is 1110. The third-order valence-electron chi connectivity index (χ3n) is 6.67. The van der Waals surface area contributed by atoms with Crippen LogP contribution in [0.2, 0.25) is 5.02 Å². The van der Waals surface area contributed by atoms with Crippen molar-refractivity contribution in [2.75, 3.05) is 10.6 Å². The van der Waals surface area contributed by atoms with Crippen molar-refractivity contribution in [3.05, 3.63) is 58.6 Å². The van der Waals surface area contributed by atoms with Crippen LogP contribution in [0.4, 0.5) is 11.4 Å². The highest BCUT2D eigenvalue weighted by Crippen LogP contribution is 2.60. The summed E-state index contributed by atoms with van der Waals surface area (Å²) in [5.74, 6) is -1.40. The molecule has 2 N–H and O–H groups in total. The summed E-state index contributed by atoms with van der Waals surface area (Å²) in [7, 11) is 0. The van der Waals surface area contributed by atoms with Crippen LogP contribution < -0.4 is 10.6 Å². The lowest BCUT2D eigenvalue weighted by atomic mass is 9.79. The number of hydrogen-bond acceptors (Lipinski definition) is 4. The highest BCUT2D eigenvalue weighted by Gasteiger charge is 2.67. The number of nitrogens with one attached hydrogen (secondary N) is 2. The molecule has 0 radical (unpaired) electrons. The lowest BCUT2D eigenvalue weighted by molar-refractivity contribution is -0.145. The Morgan fingerprint density at radius 3 is 2.74 bits per heavy atom. The first-order valence-corrected chi connectivity index (χ1v) is 11.5. The average molecular weight is 504 g/mol. The maximum atomic E-state index is 13.1. The quantitative estimate of drug-likeness (QED) is 0.478. The SMILES string of the molecule is Cc1ccc(Cl)cc1NC(=O)c1cccc(NC(=O)[C@@H]2[C@H]3C[C@H]4[C@H](OC(=O)[C@@H]42)[C@H]3Br)c1. The van der Waals surface area contributed by atoms with Crippen molar-refractivity contribution in [1.82, 2.24) is 0 Å². The molecule has 1 saturated heterocycles. The monoisotopic (exact) mass is 502 g/mol. The molecular formula is C23H20BrClN2O4. The molecule has 2 bridgehead atoms. The van der Waals surface area contributed by atoms with Crippen LogP contribution in [0.25, 0.3) is 0 Å². The minimum atomic E-state index is -0.424. The van der Waals surface area contributed by atoms with E-state index >= 15 is 0 Å². The number of benzene rings is 2. The number of carbonyl (C=O) groups excluding carboxylic acids is 3. The highest BCUT2D eigenvalue weighted by molar-refractivity contribution is 9.09. The molecule has 6 atom stereocenters. The third-order valence-corrected chi connectivity index (χ3v) is 8.10. The van der Waals surface area contributed by atoms with Crippen molar-refractivity contribution in [1.29, 1.82) is 0 Å². The number of rotatable bonds is 4. The second-order valence-electron chi connectivity index (χ2n) is 8.44. The van der Waals surface area contributed by atoms with Gasteiger partial charge in [-0.25, -0.2) is 0 Å². The van der Waals surface area contributed by atoms with Gasteiger partial charge in [0.25, 0.3) is 5.91 Å². The summed E-state index contributed by atoms with van der Waals surface area (Å²) in [5, 5.41) is 6.29. The summed E-state index contributed by atoms with van der Waals surface area (Å²) < 4.78 is 5.48. The molecule has 2 aromatic carbocycles. The molecule has 3 fully saturated rings. The maximum absolute atomic E-state index is 13.1. The summed E-state index contributed by atoms with van der Waals surface area (Å²) in [4.78, 5) is 38.1. The fourth-order valence-corrected chi connectivity index (χ4v) is 6.43. The Morgan fingerprint density at radius 2 is 1.94 bits per heavy atom. The Balaban J connectivity index is 1.32. The van der Waals surface area contributed by atoms with E-state index in [1.54, 1.807) is 36.4 Å². The van der Waals surface area contributed by atoms with Crippen LogP contribution in [0.1, 0.15) is 22.3 Å². The van der Waals surface area contributed by atoms with E-state index in [0.717, 1.165) is 12.0 Å². The normalized spacial score (nSPS) is 30.2. The van der Waals surface area contributed by atoms with E-state index in [0.29, 0.717) is 22.0 Å². The number of anilines is 2. The van der Waals surface area contributed by atoms with Crippen molar-refractivity contribution < 1.29 is 19.1 Å². The maximum Gasteiger partial charge on any atom is 0.310 e. The molecule has 0 unspecified atom stereocenters. The van der Waals surface area contributed by atoms with Gasteiger partial charge in [-0.05, 0) is 55.2 Å². The summed E-state index contributed by atoms with van der Waals surface area (Å²) in [6.45, 7) is 1.88. The number of alkyl halides is 1. The molecule has 1 aliphatic heterocycles. The Labute approximate surface area is 192 Å². The largest absolute Gasteiger partial charge is 0.461 e. The summed E-state index contributed by atoms with van der Waals surface area (Å²) in [6.07, 6.45) is 0.699. The topological polar surface area (TPSA) is 84.5 Å². The number of amides is 2. The van der Waals surface area contributed by atoms with E-state index in [1.165, 1.54) is 0 Å². The van der Waals surface area contributed by atoms with Gasteiger partial charge in [-0.2, -0.15) is 0 Å². The first-order chi connectivity index (χ1) is 14.8. The van der Waals surface area contributed by atoms with Crippen LogP contribution in [0.3, 0.4) is 0 Å². The van der Waals surface area contributed by atoms with Crippen molar-refractivity contribution in [2.45, 2.75) is 24.3 Å². The van der Waals surface area contributed by atoms with Gasteiger partial charge in [-0.1, -0.05) is 39.7 Å². The van der Waals surface area contributed by atoms with Gasteiger partial charge in [-0.15, -0.1) is 0 Å². The van der Waals surface area contributed by atoms with Crippen LogP contribution in [-0.4, -0.2) is 28.7 Å². The zero-order valence-electron chi connectivity index (χ0n) is 16.6. The first-order valence-electron chi connectivity index (χ1n) is 10.2. The predicted molar refractivity (Wildman–Crippen MR) is 120 cm³/mol. The van der Waals surface area contributed by atoms with Gasteiger partial charge in [0, 0.05) is 27.9 Å². The minimum Gasteiger partial charge on any atom is -0.461 e. The minimum absolute atomic E-state index is 0.00833. The van der Waals surface area contributed by atoms with E-state index in [4.69, 9.17) is 16.3 Å². The smallest absolute Gasteiger partial charge is 0.310 e. The second kappa shape index (κ2) is 7.64. The number of ether oxygens (including phenoxy) is 1. The van der Waals surface area contributed by atoms with Crippen LogP contribution >= 0.6 is 27.5 Å². The van der Waals surface area contributed by atoms with Crippen molar-refractivity contribution >= 4 is 56.7 Å². The van der Waals surface area contributed by atoms with Crippen molar-refractivity contribution in [2.24, 2.45) is 23.7 Å². The van der Waals surface area contributed by atoms with Gasteiger partial charge < -0.3 is 15.4 Å². The molecule has 2 amide bonds. The van der Waals surface area contributed by atoms with Crippen LogP contribution in [-0.2, 0) is 14.3 Å². The fraction of sp³-hybridized carbons (Fsp3) is 0.348. The fourth-order valence-electron chi connectivity index (χ4n) is 5.22. The standard InChI is InChI=1S/C23H20BrClN2O4/c1-10-5-6-12(25)8-16(10)27-21(28)11-3-2-4-13(7-11)26-22(29)17-14-9-15-18(17)23(30)31-20(15)19(14)24/h2-8,14-15,17-20H,9H2,1H3,(H,26,29)(H,27,28)/t14-,15-,17-,18+,19+,20+/m1/s1. The zero-order chi connectivity index (χ0) is 21.9. The van der Waals surface area contributed by atoms with Gasteiger partial charge in [0.1, 0.15) is 6.10 Å². The van der Waals surface area contributed by atoms with Crippen molar-refractivity contribution in [3.8, 4) is 0 Å². The summed E-state index contributed by atoms with van der Waals surface area (Å²) in [5.41, 5.74) is 2.44. The number of fused-ring (bicyclic) bond motifs is 1. The van der Waals surface area contributed by atoms with Crippen molar-refractivity contribution in [3.63, 3.8) is 0 Å². The number of esters is 1. The van der Waals surface area contributed by atoms with E-state index < -0.39 is 5.92 Å². The molecule has 2 aliphatic carbocycles. The van der Waals surface area contributed by atoms with E-state index in [2.05, 4.69) is 26.6 Å². The lowest BCUT2D eigenvalue weighted by Gasteiger charge is -2.27. The molecule has 0 spiro atoms. The number of aryl methyl sites for hydroxylation is 1. The molecule has 1 heterocycles. The Kier molecular flexibility index (Phi) is 5.06. The highest BCUT2D eigenvalue weighted by atomic mass is 79.9. The molecule has 160 valence electrons. The number of halogens is 2. The van der Waals surface area contributed by atoms with Gasteiger partial charge in [0.2, 0.25) is 5.91 Å². The molecule has 5 rings (SSSR count). The molecule has 6 nitrogen and oxygen atoms in total. The van der Waals surface area contributed by atoms with Crippen LogP contribution in [0.15, 0.2) is 42.5 Å². The molecule has 0 aromatic heterocycles. The van der Waals surface area contributed by atoms with E-state index in [9.17, 15) is 14.4 Å². The molecule has 2 aromatic rings. The predicted octanol–water partition coefficient (Wildman–Crippen LogP) is 4.41. The van der Waals surface area contributed by atoms with Gasteiger partial charge >= 0.3 is 5.97 Å². The Morgan fingerprint density at radius 1 is 1.13 bits per heavy atom. The first kappa shape index (κ1) is 20.5. The van der Waals surface area contributed by atoms with Gasteiger partial charge in [-0.3, -0.25) is 14.4 Å². The average Bonchev–Trinajstić information content (AvgIpc) is 3.35. The van der Waals surface area contributed by atoms with Gasteiger partial charge in [0.15, 0.2) is 0 Å². The zero-order valence-corrected chi connectivity index (χ0v) is 18.9. The van der Waals surface area contributed by atoms with E-state index in [1.807, 2.05) is 13.0 Å². The molecule has 31 heavy (non-hydrogen) atoms. The molecular weight excluding hydrogens is 484 g/mol. The third kappa shape index (κ3) is 3.44. The second-order valence-corrected chi connectivity index (χ2v) is 9.94. The lowest BCUT2D eigenvalue weighted by Crippen LogP contribution is -2.40. The molecule has 3 aliphatic rings. The van der Waals surface area contributed by atoms with Gasteiger partial charge in [0.05, 0.1) is 16.7 Å². The summed E-state index contributed by atoms with van der Waals surface area (Å²) in [6, 6.07) is 12.0. The Hall–Kier alpha value is -2.38.